The molecule has 2 aliphatic rings. The topological polar surface area (TPSA) is 41.7 Å². The SMILES string of the molecule is CC(C)(C)N1CCN(C2(CN)CCCOCC2)CC1. The number of hydrogen-bond donors (Lipinski definition) is 1. The molecule has 1 atom stereocenters. The first kappa shape index (κ1) is 15.2. The molecule has 2 N–H and O–H groups in total. The van der Waals surface area contributed by atoms with Gasteiger partial charge in [-0.25, -0.2) is 0 Å². The lowest BCUT2D eigenvalue weighted by molar-refractivity contribution is -0.00495. The molecule has 0 aliphatic carbocycles. The first-order chi connectivity index (χ1) is 8.98. The summed E-state index contributed by atoms with van der Waals surface area (Å²) < 4.78 is 5.63. The summed E-state index contributed by atoms with van der Waals surface area (Å²) in [6.07, 6.45) is 3.44. The number of rotatable bonds is 2. The molecule has 19 heavy (non-hydrogen) atoms. The van der Waals surface area contributed by atoms with Gasteiger partial charge in [-0.3, -0.25) is 9.80 Å². The molecule has 1 unspecified atom stereocenters. The van der Waals surface area contributed by atoms with Crippen molar-refractivity contribution in [2.24, 2.45) is 5.73 Å². The van der Waals surface area contributed by atoms with Crippen molar-refractivity contribution in [3.05, 3.63) is 0 Å². The normalized spacial score (nSPS) is 32.2. The van der Waals surface area contributed by atoms with E-state index in [9.17, 15) is 0 Å². The Hall–Kier alpha value is -0.160. The van der Waals surface area contributed by atoms with Gasteiger partial charge in [-0.15, -0.1) is 0 Å². The van der Waals surface area contributed by atoms with E-state index in [4.69, 9.17) is 10.5 Å². The number of nitrogens with two attached hydrogens (primary N) is 1. The molecule has 2 aliphatic heterocycles. The average molecular weight is 269 g/mol. The van der Waals surface area contributed by atoms with E-state index in [1.165, 1.54) is 6.42 Å². The summed E-state index contributed by atoms with van der Waals surface area (Å²) in [5.41, 5.74) is 6.63. The van der Waals surface area contributed by atoms with Gasteiger partial charge in [-0.2, -0.15) is 0 Å². The molecular weight excluding hydrogens is 238 g/mol. The molecule has 0 aromatic rings. The third-order valence-electron chi connectivity index (χ3n) is 4.92. The standard InChI is InChI=1S/C15H31N3O/c1-14(2,3)17-7-9-18(10-8-17)15(13-16)5-4-11-19-12-6-15/h4-13,16H2,1-3H3. The van der Waals surface area contributed by atoms with Crippen LogP contribution >= 0.6 is 0 Å². The predicted octanol–water partition coefficient (Wildman–Crippen LogP) is 1.30. The molecule has 0 amide bonds. The molecular formula is C15H31N3O. The molecule has 0 radical (unpaired) electrons. The van der Waals surface area contributed by atoms with Crippen LogP contribution in [0.1, 0.15) is 40.0 Å². The fourth-order valence-corrected chi connectivity index (χ4v) is 3.49. The Morgan fingerprint density at radius 2 is 1.74 bits per heavy atom. The van der Waals surface area contributed by atoms with Gasteiger partial charge in [0.05, 0.1) is 0 Å². The zero-order valence-corrected chi connectivity index (χ0v) is 13.0. The lowest BCUT2D eigenvalue weighted by Crippen LogP contribution is -2.62. The van der Waals surface area contributed by atoms with E-state index in [0.717, 1.165) is 58.8 Å². The molecule has 0 aromatic heterocycles. The third-order valence-corrected chi connectivity index (χ3v) is 4.92. The monoisotopic (exact) mass is 269 g/mol. The van der Waals surface area contributed by atoms with Gasteiger partial charge in [0.1, 0.15) is 0 Å². The molecule has 0 aromatic carbocycles. The van der Waals surface area contributed by atoms with Gasteiger partial charge in [0.15, 0.2) is 0 Å². The summed E-state index contributed by atoms with van der Waals surface area (Å²) in [6.45, 7) is 14.1. The van der Waals surface area contributed by atoms with Crippen LogP contribution in [0.25, 0.3) is 0 Å². The zero-order chi connectivity index (χ0) is 13.9. The third kappa shape index (κ3) is 3.48. The Morgan fingerprint density at radius 1 is 1.05 bits per heavy atom. The minimum atomic E-state index is 0.195. The number of nitrogens with zero attached hydrogens (tertiary/aromatic N) is 2. The second-order valence-electron chi connectivity index (χ2n) is 7.04. The highest BCUT2D eigenvalue weighted by Gasteiger charge is 2.38. The molecule has 2 saturated heterocycles. The summed E-state index contributed by atoms with van der Waals surface area (Å²) in [6, 6.07) is 0. The average Bonchev–Trinajstić information content (AvgIpc) is 2.64. The second kappa shape index (κ2) is 6.08. The fourth-order valence-electron chi connectivity index (χ4n) is 3.49. The summed E-state index contributed by atoms with van der Waals surface area (Å²) in [5.74, 6) is 0. The van der Waals surface area contributed by atoms with E-state index in [1.54, 1.807) is 0 Å². The minimum Gasteiger partial charge on any atom is -0.381 e. The summed E-state index contributed by atoms with van der Waals surface area (Å²) >= 11 is 0. The largest absolute Gasteiger partial charge is 0.381 e. The van der Waals surface area contributed by atoms with Gasteiger partial charge in [0, 0.05) is 57.0 Å². The van der Waals surface area contributed by atoms with Crippen molar-refractivity contribution in [3.63, 3.8) is 0 Å². The molecule has 0 saturated carbocycles. The predicted molar refractivity (Wildman–Crippen MR) is 79.4 cm³/mol. The van der Waals surface area contributed by atoms with E-state index >= 15 is 0 Å². The van der Waals surface area contributed by atoms with E-state index in [0.29, 0.717) is 0 Å². The van der Waals surface area contributed by atoms with Crippen LogP contribution in [0.5, 0.6) is 0 Å². The van der Waals surface area contributed by atoms with Crippen LogP contribution < -0.4 is 5.73 Å². The molecule has 0 bridgehead atoms. The summed E-state index contributed by atoms with van der Waals surface area (Å²) in [4.78, 5) is 5.23. The van der Waals surface area contributed by atoms with Crippen molar-refractivity contribution in [3.8, 4) is 0 Å². The van der Waals surface area contributed by atoms with Crippen LogP contribution in [0.4, 0.5) is 0 Å². The highest BCUT2D eigenvalue weighted by Crippen LogP contribution is 2.29. The van der Waals surface area contributed by atoms with Crippen molar-refractivity contribution < 1.29 is 4.74 Å². The van der Waals surface area contributed by atoms with Crippen LogP contribution in [-0.2, 0) is 4.74 Å². The maximum Gasteiger partial charge on any atom is 0.0484 e. The van der Waals surface area contributed by atoms with Crippen molar-refractivity contribution in [1.29, 1.82) is 0 Å². The first-order valence-electron chi connectivity index (χ1n) is 7.76. The number of ether oxygens (including phenoxy) is 1. The van der Waals surface area contributed by atoms with Gasteiger partial charge in [0.2, 0.25) is 0 Å². The maximum atomic E-state index is 6.15. The molecule has 2 fully saturated rings. The number of piperazine rings is 1. The van der Waals surface area contributed by atoms with Gasteiger partial charge < -0.3 is 10.5 Å². The molecule has 112 valence electrons. The Bertz CT molecular complexity index is 272. The second-order valence-corrected chi connectivity index (χ2v) is 7.04. The van der Waals surface area contributed by atoms with Crippen LogP contribution in [0.15, 0.2) is 0 Å². The molecule has 4 heteroatoms. The maximum absolute atomic E-state index is 6.15. The fraction of sp³-hybridized carbons (Fsp3) is 1.00. The first-order valence-corrected chi connectivity index (χ1v) is 7.76. The van der Waals surface area contributed by atoms with Gasteiger partial charge in [-0.05, 0) is 40.0 Å². The Balaban J connectivity index is 1.98. The molecule has 2 heterocycles. The minimum absolute atomic E-state index is 0.195. The van der Waals surface area contributed by atoms with E-state index < -0.39 is 0 Å². The molecule has 2 rings (SSSR count). The highest BCUT2D eigenvalue weighted by atomic mass is 16.5. The Labute approximate surface area is 118 Å². The van der Waals surface area contributed by atoms with E-state index in [2.05, 4.69) is 30.6 Å². The highest BCUT2D eigenvalue weighted by molar-refractivity contribution is 4.96. The van der Waals surface area contributed by atoms with Crippen LogP contribution in [-0.4, -0.2) is 66.8 Å². The van der Waals surface area contributed by atoms with Crippen LogP contribution in [0.2, 0.25) is 0 Å². The Kier molecular flexibility index (Phi) is 4.88. The quantitative estimate of drug-likeness (QED) is 0.820. The number of hydrogen-bond acceptors (Lipinski definition) is 4. The van der Waals surface area contributed by atoms with Gasteiger partial charge in [0.25, 0.3) is 0 Å². The van der Waals surface area contributed by atoms with Gasteiger partial charge in [-0.1, -0.05) is 0 Å². The van der Waals surface area contributed by atoms with Crippen molar-refractivity contribution in [2.75, 3.05) is 45.9 Å². The summed E-state index contributed by atoms with van der Waals surface area (Å²) in [5, 5.41) is 0. The van der Waals surface area contributed by atoms with Crippen LogP contribution in [0.3, 0.4) is 0 Å². The van der Waals surface area contributed by atoms with E-state index in [1.807, 2.05) is 0 Å². The lowest BCUT2D eigenvalue weighted by Gasteiger charge is -2.49. The van der Waals surface area contributed by atoms with Crippen LogP contribution in [0, 0.1) is 0 Å². The van der Waals surface area contributed by atoms with Crippen molar-refractivity contribution in [2.45, 2.75) is 51.1 Å². The zero-order valence-electron chi connectivity index (χ0n) is 13.0. The van der Waals surface area contributed by atoms with E-state index in [-0.39, 0.29) is 11.1 Å². The smallest absolute Gasteiger partial charge is 0.0484 e. The van der Waals surface area contributed by atoms with Crippen molar-refractivity contribution >= 4 is 0 Å². The molecule has 4 nitrogen and oxygen atoms in total. The Morgan fingerprint density at radius 3 is 2.32 bits per heavy atom. The molecule has 0 spiro atoms. The van der Waals surface area contributed by atoms with Gasteiger partial charge >= 0.3 is 0 Å². The van der Waals surface area contributed by atoms with Crippen molar-refractivity contribution in [1.82, 2.24) is 9.80 Å². The summed E-state index contributed by atoms with van der Waals surface area (Å²) in [7, 11) is 0. The lowest BCUT2D eigenvalue weighted by atomic mass is 9.87.